The van der Waals surface area contributed by atoms with Crippen molar-refractivity contribution in [3.8, 4) is 0 Å². The van der Waals surface area contributed by atoms with Gasteiger partial charge in [-0.1, -0.05) is 6.07 Å². The molecule has 5 nitrogen and oxygen atoms in total. The number of nitrogens with one attached hydrogen (secondary N) is 1. The van der Waals surface area contributed by atoms with Crippen LogP contribution in [0, 0.1) is 31.3 Å². The molecule has 1 amide bonds. The highest BCUT2D eigenvalue weighted by molar-refractivity contribution is 7.89. The third kappa shape index (κ3) is 4.05. The maximum absolute atomic E-state index is 13.6. The Balaban J connectivity index is 2.15. The second kappa shape index (κ2) is 7.46. The quantitative estimate of drug-likeness (QED) is 0.804. The first kappa shape index (κ1) is 19.9. The number of aryl methyl sites for hydroxylation is 2. The number of rotatable bonds is 5. The predicted molar refractivity (Wildman–Crippen MR) is 90.7 cm³/mol. The average Bonchev–Trinajstić information content (AvgIpc) is 2.57. The standard InChI is InChI=1S/C17H17F3N2O3S/c1-10-4-5-12(8-11(10)2)26(24,25)22(3)9-15(23)21-14-7-6-13(18)16(19)17(14)20/h4-8H,9H2,1-3H3,(H,21,23). The molecule has 0 aliphatic heterocycles. The minimum Gasteiger partial charge on any atom is -0.322 e. The minimum atomic E-state index is -3.95. The van der Waals surface area contributed by atoms with Gasteiger partial charge in [-0.25, -0.2) is 21.6 Å². The van der Waals surface area contributed by atoms with Gasteiger partial charge in [-0.15, -0.1) is 0 Å². The van der Waals surface area contributed by atoms with Crippen LogP contribution in [0.1, 0.15) is 11.1 Å². The van der Waals surface area contributed by atoms with Gasteiger partial charge in [-0.3, -0.25) is 4.79 Å². The zero-order chi connectivity index (χ0) is 19.6. The molecule has 0 aromatic heterocycles. The monoisotopic (exact) mass is 386 g/mol. The van der Waals surface area contributed by atoms with Gasteiger partial charge in [-0.2, -0.15) is 4.31 Å². The fourth-order valence-corrected chi connectivity index (χ4v) is 3.37. The Bertz CT molecular complexity index is 962. The van der Waals surface area contributed by atoms with E-state index in [0.29, 0.717) is 6.07 Å². The molecule has 0 saturated carbocycles. The molecular weight excluding hydrogens is 369 g/mol. The molecule has 2 rings (SSSR count). The summed E-state index contributed by atoms with van der Waals surface area (Å²) in [5, 5.41) is 2.03. The summed E-state index contributed by atoms with van der Waals surface area (Å²) >= 11 is 0. The first-order chi connectivity index (χ1) is 12.0. The number of carbonyl (C=O) groups is 1. The summed E-state index contributed by atoms with van der Waals surface area (Å²) in [4.78, 5) is 12.0. The van der Waals surface area contributed by atoms with Crippen LogP contribution < -0.4 is 5.32 Å². The van der Waals surface area contributed by atoms with Crippen molar-refractivity contribution < 1.29 is 26.4 Å². The van der Waals surface area contributed by atoms with E-state index >= 15 is 0 Å². The molecule has 0 aliphatic rings. The van der Waals surface area contributed by atoms with Gasteiger partial charge in [0, 0.05) is 7.05 Å². The molecule has 0 unspecified atom stereocenters. The number of hydrogen-bond acceptors (Lipinski definition) is 3. The normalized spacial score (nSPS) is 11.7. The number of amides is 1. The average molecular weight is 386 g/mol. The van der Waals surface area contributed by atoms with E-state index in [-0.39, 0.29) is 4.90 Å². The lowest BCUT2D eigenvalue weighted by Gasteiger charge is -2.18. The lowest BCUT2D eigenvalue weighted by Crippen LogP contribution is -2.35. The maximum atomic E-state index is 13.6. The zero-order valence-electron chi connectivity index (χ0n) is 14.3. The van der Waals surface area contributed by atoms with Crippen molar-refractivity contribution in [1.29, 1.82) is 0 Å². The third-order valence-electron chi connectivity index (χ3n) is 3.86. The summed E-state index contributed by atoms with van der Waals surface area (Å²) in [7, 11) is -2.76. The van der Waals surface area contributed by atoms with Crippen LogP contribution in [0.15, 0.2) is 35.2 Å². The minimum absolute atomic E-state index is 0.00917. The van der Waals surface area contributed by atoms with Crippen molar-refractivity contribution in [3.05, 3.63) is 58.9 Å². The first-order valence-electron chi connectivity index (χ1n) is 7.51. The molecule has 9 heteroatoms. The van der Waals surface area contributed by atoms with Gasteiger partial charge in [0.2, 0.25) is 15.9 Å². The Morgan fingerprint density at radius 3 is 2.31 bits per heavy atom. The van der Waals surface area contributed by atoms with Crippen molar-refractivity contribution in [2.24, 2.45) is 0 Å². The van der Waals surface area contributed by atoms with Gasteiger partial charge in [0.05, 0.1) is 17.1 Å². The molecule has 26 heavy (non-hydrogen) atoms. The number of benzene rings is 2. The molecule has 0 spiro atoms. The number of sulfonamides is 1. The molecular formula is C17H17F3N2O3S. The summed E-state index contributed by atoms with van der Waals surface area (Å²) in [6, 6.07) is 6.05. The SMILES string of the molecule is Cc1ccc(S(=O)(=O)N(C)CC(=O)Nc2ccc(F)c(F)c2F)cc1C. The molecule has 0 bridgehead atoms. The molecule has 0 atom stereocenters. The van der Waals surface area contributed by atoms with Crippen LogP contribution in [0.2, 0.25) is 0 Å². The molecule has 0 aliphatic carbocycles. The number of anilines is 1. The van der Waals surface area contributed by atoms with Crippen LogP contribution in [0.25, 0.3) is 0 Å². The number of carbonyl (C=O) groups excluding carboxylic acids is 1. The molecule has 140 valence electrons. The van der Waals surface area contributed by atoms with Gasteiger partial charge in [-0.05, 0) is 49.2 Å². The van der Waals surface area contributed by atoms with E-state index in [2.05, 4.69) is 0 Å². The van der Waals surface area contributed by atoms with Crippen LogP contribution in [0.5, 0.6) is 0 Å². The second-order valence-electron chi connectivity index (χ2n) is 5.78. The Morgan fingerprint density at radius 2 is 1.69 bits per heavy atom. The largest absolute Gasteiger partial charge is 0.322 e. The van der Waals surface area contributed by atoms with E-state index < -0.39 is 45.6 Å². The van der Waals surface area contributed by atoms with E-state index in [0.717, 1.165) is 21.5 Å². The van der Waals surface area contributed by atoms with E-state index in [1.807, 2.05) is 12.2 Å². The number of hydrogen-bond donors (Lipinski definition) is 1. The molecule has 0 saturated heterocycles. The molecule has 1 N–H and O–H groups in total. The summed E-state index contributed by atoms with van der Waals surface area (Å²) in [5.74, 6) is -5.57. The first-order valence-corrected chi connectivity index (χ1v) is 8.95. The number of halogens is 3. The van der Waals surface area contributed by atoms with Crippen LogP contribution >= 0.6 is 0 Å². The van der Waals surface area contributed by atoms with Gasteiger partial charge >= 0.3 is 0 Å². The van der Waals surface area contributed by atoms with Crippen molar-refractivity contribution in [2.45, 2.75) is 18.7 Å². The Labute approximate surface area is 149 Å². The van der Waals surface area contributed by atoms with Gasteiger partial charge in [0.1, 0.15) is 0 Å². The zero-order valence-corrected chi connectivity index (χ0v) is 15.1. The smallest absolute Gasteiger partial charge is 0.243 e. The molecule has 2 aromatic rings. The van der Waals surface area contributed by atoms with Crippen LogP contribution in [0.4, 0.5) is 18.9 Å². The lowest BCUT2D eigenvalue weighted by atomic mass is 10.1. The Morgan fingerprint density at radius 1 is 1.04 bits per heavy atom. The summed E-state index contributed by atoms with van der Waals surface area (Å²) < 4.78 is 65.5. The summed E-state index contributed by atoms with van der Waals surface area (Å²) in [5.41, 5.74) is 1.11. The third-order valence-corrected chi connectivity index (χ3v) is 5.66. The van der Waals surface area contributed by atoms with Crippen LogP contribution in [0.3, 0.4) is 0 Å². The second-order valence-corrected chi connectivity index (χ2v) is 7.82. The summed E-state index contributed by atoms with van der Waals surface area (Å²) in [6.07, 6.45) is 0. The van der Waals surface area contributed by atoms with Crippen LogP contribution in [-0.4, -0.2) is 32.2 Å². The van der Waals surface area contributed by atoms with Crippen molar-refractivity contribution in [2.75, 3.05) is 18.9 Å². The summed E-state index contributed by atoms with van der Waals surface area (Å²) in [6.45, 7) is 2.96. The Kier molecular flexibility index (Phi) is 5.72. The predicted octanol–water partition coefficient (Wildman–Crippen LogP) is 2.98. The maximum Gasteiger partial charge on any atom is 0.243 e. The number of likely N-dealkylation sites (N-methyl/N-ethyl adjacent to an activating group) is 1. The van der Waals surface area contributed by atoms with Crippen LogP contribution in [-0.2, 0) is 14.8 Å². The van der Waals surface area contributed by atoms with Gasteiger partial charge in [0.25, 0.3) is 0 Å². The fourth-order valence-electron chi connectivity index (χ4n) is 2.15. The van der Waals surface area contributed by atoms with Gasteiger partial charge in [0.15, 0.2) is 17.5 Å². The Hall–Kier alpha value is -2.39. The lowest BCUT2D eigenvalue weighted by molar-refractivity contribution is -0.116. The molecule has 2 aromatic carbocycles. The highest BCUT2D eigenvalue weighted by Crippen LogP contribution is 2.21. The fraction of sp³-hybridized carbons (Fsp3) is 0.235. The van der Waals surface area contributed by atoms with Gasteiger partial charge < -0.3 is 5.32 Å². The van der Waals surface area contributed by atoms with Crippen molar-refractivity contribution in [3.63, 3.8) is 0 Å². The van der Waals surface area contributed by atoms with E-state index in [9.17, 15) is 26.4 Å². The molecule has 0 heterocycles. The van der Waals surface area contributed by atoms with Crippen molar-refractivity contribution >= 4 is 21.6 Å². The van der Waals surface area contributed by atoms with E-state index in [1.54, 1.807) is 13.0 Å². The van der Waals surface area contributed by atoms with E-state index in [1.165, 1.54) is 19.2 Å². The number of nitrogens with zero attached hydrogens (tertiary/aromatic N) is 1. The van der Waals surface area contributed by atoms with E-state index in [4.69, 9.17) is 0 Å². The highest BCUT2D eigenvalue weighted by atomic mass is 32.2. The molecule has 0 fully saturated rings. The topological polar surface area (TPSA) is 66.5 Å². The molecule has 0 radical (unpaired) electrons. The highest BCUT2D eigenvalue weighted by Gasteiger charge is 2.24. The van der Waals surface area contributed by atoms with Crippen molar-refractivity contribution in [1.82, 2.24) is 4.31 Å².